The number of rotatable bonds is 53. The van der Waals surface area contributed by atoms with Crippen molar-refractivity contribution >= 4 is 17.9 Å². The molecule has 0 N–H and O–H groups in total. The van der Waals surface area contributed by atoms with Gasteiger partial charge < -0.3 is 33.3 Å². The summed E-state index contributed by atoms with van der Waals surface area (Å²) in [6.45, 7) is 4.52. The maximum Gasteiger partial charge on any atom is 0.306 e. The average molecular weight is 1070 g/mol. The molecule has 2 atom stereocenters. The van der Waals surface area contributed by atoms with Crippen molar-refractivity contribution in [1.29, 1.82) is 0 Å². The first-order valence-electron chi connectivity index (χ1n) is 30.0. The lowest BCUT2D eigenvalue weighted by atomic mass is 10.1. The highest BCUT2D eigenvalue weighted by atomic mass is 16.7. The molecule has 0 aromatic carbocycles. The third-order valence-corrected chi connectivity index (χ3v) is 12.1. The summed E-state index contributed by atoms with van der Waals surface area (Å²) < 4.78 is 22.6. The van der Waals surface area contributed by atoms with Gasteiger partial charge in [-0.05, 0) is 116 Å². The second-order valence-corrected chi connectivity index (χ2v) is 20.5. The fraction of sp³-hybridized carbons (Fsp3) is 0.603. The minimum Gasteiger partial charge on any atom is -0.545 e. The molecule has 434 valence electrons. The minimum atomic E-state index is -1.65. The van der Waals surface area contributed by atoms with Gasteiger partial charge in [0.25, 0.3) is 0 Å². The van der Waals surface area contributed by atoms with E-state index in [1.165, 1.54) is 64.2 Å². The van der Waals surface area contributed by atoms with E-state index >= 15 is 0 Å². The van der Waals surface area contributed by atoms with E-state index in [-0.39, 0.29) is 38.6 Å². The highest BCUT2D eigenvalue weighted by molar-refractivity contribution is 5.70. The van der Waals surface area contributed by atoms with Gasteiger partial charge in [-0.15, -0.1) is 0 Å². The van der Waals surface area contributed by atoms with E-state index in [4.69, 9.17) is 18.9 Å². The number of hydrogen-bond acceptors (Lipinski definition) is 8. The topological polar surface area (TPSA) is 111 Å². The zero-order valence-corrected chi connectivity index (χ0v) is 49.3. The highest BCUT2D eigenvalue weighted by Gasteiger charge is 2.21. The first-order valence-corrected chi connectivity index (χ1v) is 30.0. The van der Waals surface area contributed by atoms with E-state index in [0.29, 0.717) is 30.3 Å². The molecule has 0 aliphatic heterocycles. The number of unbranched alkanes of at least 4 members (excludes halogenated alkanes) is 14. The van der Waals surface area contributed by atoms with Crippen molar-refractivity contribution in [3.8, 4) is 0 Å². The number of quaternary nitrogens is 1. The fourth-order valence-electron chi connectivity index (χ4n) is 7.48. The lowest BCUT2D eigenvalue weighted by molar-refractivity contribution is -0.870. The molecule has 9 heteroatoms. The molecule has 77 heavy (non-hydrogen) atoms. The van der Waals surface area contributed by atoms with Crippen LogP contribution in [-0.2, 0) is 33.3 Å². The molecule has 0 aromatic heterocycles. The summed E-state index contributed by atoms with van der Waals surface area (Å²) in [7, 11) is 5.89. The molecule has 0 heterocycles. The van der Waals surface area contributed by atoms with E-state index in [9.17, 15) is 19.5 Å². The van der Waals surface area contributed by atoms with Crippen LogP contribution in [0.1, 0.15) is 206 Å². The Bertz CT molecular complexity index is 1770. The Morgan fingerprint density at radius 3 is 1.14 bits per heavy atom. The van der Waals surface area contributed by atoms with Crippen LogP contribution in [0.3, 0.4) is 0 Å². The number of nitrogens with zero attached hydrogens (tertiary/aromatic N) is 1. The molecule has 0 spiro atoms. The molecule has 0 saturated carbocycles. The summed E-state index contributed by atoms with van der Waals surface area (Å²) in [4.78, 5) is 37.3. The molecule has 0 aliphatic rings. The van der Waals surface area contributed by atoms with E-state index in [1.807, 2.05) is 27.2 Å². The second kappa shape index (κ2) is 57.3. The molecular formula is C68H109NO8. The normalized spacial score (nSPS) is 13.8. The van der Waals surface area contributed by atoms with Crippen LogP contribution in [0.25, 0.3) is 0 Å². The maximum atomic E-state index is 12.9. The fourth-order valence-corrected chi connectivity index (χ4v) is 7.48. The molecule has 0 aromatic rings. The monoisotopic (exact) mass is 1070 g/mol. The number of carboxylic acids is 1. The van der Waals surface area contributed by atoms with Gasteiger partial charge in [0.15, 0.2) is 12.4 Å². The Hall–Kier alpha value is -4.83. The summed E-state index contributed by atoms with van der Waals surface area (Å²) in [6, 6.07) is 0. The van der Waals surface area contributed by atoms with Crippen LogP contribution in [0, 0.1) is 0 Å². The number of allylic oxidation sites excluding steroid dienone is 24. The number of esters is 2. The van der Waals surface area contributed by atoms with Gasteiger partial charge in [0.1, 0.15) is 13.2 Å². The zero-order valence-electron chi connectivity index (χ0n) is 49.3. The van der Waals surface area contributed by atoms with E-state index in [2.05, 4.69) is 154 Å². The van der Waals surface area contributed by atoms with Gasteiger partial charge >= 0.3 is 11.9 Å². The smallest absolute Gasteiger partial charge is 0.306 e. The van der Waals surface area contributed by atoms with Gasteiger partial charge in [0.05, 0.1) is 40.3 Å². The second-order valence-electron chi connectivity index (χ2n) is 20.5. The third-order valence-electron chi connectivity index (χ3n) is 12.1. The maximum absolute atomic E-state index is 12.9. The zero-order chi connectivity index (χ0) is 56.2. The average Bonchev–Trinajstić information content (AvgIpc) is 3.40. The summed E-state index contributed by atoms with van der Waals surface area (Å²) in [5.41, 5.74) is 0. The van der Waals surface area contributed by atoms with Crippen LogP contribution in [0.15, 0.2) is 146 Å². The molecule has 0 amide bonds. The van der Waals surface area contributed by atoms with Crippen LogP contribution >= 0.6 is 0 Å². The third kappa shape index (κ3) is 58.7. The quantitative estimate of drug-likeness (QED) is 0.0195. The molecule has 9 nitrogen and oxygen atoms in total. The van der Waals surface area contributed by atoms with Gasteiger partial charge in [-0.3, -0.25) is 9.59 Å². The number of carbonyl (C=O) groups is 3. The predicted octanol–water partition coefficient (Wildman–Crippen LogP) is 16.7. The Morgan fingerprint density at radius 1 is 0.403 bits per heavy atom. The SMILES string of the molecule is CC/C=C\C/C=C\C/C=C\C/C=C\C/C=C\C/C=C\C/C=C\C/C=C\C/C=C\CCCC(=O)OC(COC(=O)CCCCCCCCCC/C=C\C/C=C\C/C=C\CCCCCCC)COC(OCC[N+](C)(C)C)C(=O)[O-]. The largest absolute Gasteiger partial charge is 0.545 e. The number of hydrogen-bond donors (Lipinski definition) is 0. The summed E-state index contributed by atoms with van der Waals surface area (Å²) in [5.74, 6) is -2.39. The van der Waals surface area contributed by atoms with Gasteiger partial charge in [0.2, 0.25) is 0 Å². The highest BCUT2D eigenvalue weighted by Crippen LogP contribution is 2.13. The molecule has 0 aliphatic carbocycles. The van der Waals surface area contributed by atoms with Gasteiger partial charge in [0, 0.05) is 12.8 Å². The van der Waals surface area contributed by atoms with Crippen LogP contribution in [-0.4, -0.2) is 82.3 Å². The van der Waals surface area contributed by atoms with Crippen molar-refractivity contribution in [2.75, 3.05) is 47.5 Å². The lowest BCUT2D eigenvalue weighted by Crippen LogP contribution is -2.44. The van der Waals surface area contributed by atoms with E-state index < -0.39 is 24.3 Å². The van der Waals surface area contributed by atoms with Gasteiger partial charge in [-0.2, -0.15) is 0 Å². The molecule has 2 unspecified atom stereocenters. The molecule has 0 saturated heterocycles. The van der Waals surface area contributed by atoms with E-state index in [1.54, 1.807) is 0 Å². The number of likely N-dealkylation sites (N-methyl/N-ethyl adjacent to an activating group) is 1. The predicted molar refractivity (Wildman–Crippen MR) is 324 cm³/mol. The van der Waals surface area contributed by atoms with Crippen molar-refractivity contribution in [1.82, 2.24) is 0 Å². The van der Waals surface area contributed by atoms with Gasteiger partial charge in [-0.25, -0.2) is 0 Å². The Labute approximate surface area is 471 Å². The standard InChI is InChI=1S/C68H109NO8/c1-6-8-10-12-14-16-18-20-22-24-26-28-30-31-32-33-34-35-37-39-41-43-45-47-49-51-53-55-57-59-66(71)77-64(63-76-68(67(72)73)74-61-60-69(3,4)5)62-75-65(70)58-56-54-52-50-48-46-44-42-40-38-36-29-27-25-23-21-19-17-15-13-11-9-7-2/h8,10,14,16,19-22,25-28,31-32,34-36,38-39,41,45,47,51,53,64,68H,6-7,9,11-13,15,17-18,23-24,29-30,33,37,40,42-44,46,48-50,52,54-63H2,1-5H3/b10-8-,16-14-,21-19-,22-20-,27-25-,28-26-,32-31-,35-34-,38-36-,41-39-,47-45-,53-51-. The van der Waals surface area contributed by atoms with Crippen molar-refractivity contribution < 1.29 is 42.9 Å². The minimum absolute atomic E-state index is 0.127. The van der Waals surface area contributed by atoms with Crippen LogP contribution in [0.2, 0.25) is 0 Å². The summed E-state index contributed by atoms with van der Waals surface area (Å²) in [5, 5.41) is 11.8. The van der Waals surface area contributed by atoms with Crippen LogP contribution < -0.4 is 5.11 Å². The Morgan fingerprint density at radius 2 is 0.753 bits per heavy atom. The van der Waals surface area contributed by atoms with Crippen molar-refractivity contribution in [2.24, 2.45) is 0 Å². The number of ether oxygens (including phenoxy) is 4. The molecule has 0 radical (unpaired) electrons. The van der Waals surface area contributed by atoms with Crippen molar-refractivity contribution in [2.45, 2.75) is 219 Å². The lowest BCUT2D eigenvalue weighted by Gasteiger charge is -2.26. The molecule has 0 bridgehead atoms. The van der Waals surface area contributed by atoms with E-state index in [0.717, 1.165) is 96.3 Å². The summed E-state index contributed by atoms with van der Waals surface area (Å²) in [6.07, 6.45) is 80.4. The van der Waals surface area contributed by atoms with Crippen molar-refractivity contribution in [3.05, 3.63) is 146 Å². The van der Waals surface area contributed by atoms with Crippen molar-refractivity contribution in [3.63, 3.8) is 0 Å². The van der Waals surface area contributed by atoms with Gasteiger partial charge in [-0.1, -0.05) is 224 Å². The number of carboxylic acid groups (broad SMARTS) is 1. The Balaban J connectivity index is 4.41. The summed E-state index contributed by atoms with van der Waals surface area (Å²) >= 11 is 0. The first kappa shape index (κ1) is 72.2. The number of carbonyl (C=O) groups excluding carboxylic acids is 3. The first-order chi connectivity index (χ1) is 37.6. The molecular weight excluding hydrogens is 959 g/mol. The number of aliphatic carboxylic acids is 1. The molecule has 0 rings (SSSR count). The van der Waals surface area contributed by atoms with Crippen LogP contribution in [0.4, 0.5) is 0 Å². The Kier molecular flexibility index (Phi) is 53.8. The molecule has 0 fully saturated rings. The van der Waals surface area contributed by atoms with Crippen LogP contribution in [0.5, 0.6) is 0 Å².